The van der Waals surface area contributed by atoms with Crippen molar-refractivity contribution >= 4 is 16.3 Å². The summed E-state index contributed by atoms with van der Waals surface area (Å²) in [7, 11) is 4.73. The summed E-state index contributed by atoms with van der Waals surface area (Å²) in [6.45, 7) is 3.17. The smallest absolute Gasteiger partial charge is 0.230 e. The molecule has 162 valence electrons. The molecule has 1 saturated heterocycles. The molecule has 0 amide bonds. The Hall–Kier alpha value is -2.56. The largest absolute Gasteiger partial charge is 0.493 e. The van der Waals surface area contributed by atoms with Crippen LogP contribution < -0.4 is 14.2 Å². The average Bonchev–Trinajstić information content (AvgIpc) is 3.25. The zero-order chi connectivity index (χ0) is 21.4. The lowest BCUT2D eigenvalue weighted by atomic mass is 9.98. The van der Waals surface area contributed by atoms with Crippen molar-refractivity contribution in [3.05, 3.63) is 28.4 Å². The summed E-state index contributed by atoms with van der Waals surface area (Å²) in [4.78, 5) is 8.01. The fraction of sp³-hybridized carbons (Fsp3) is 0.500. The molecule has 10 heteroatoms. The number of aryl methyl sites for hydroxylation is 1. The van der Waals surface area contributed by atoms with Gasteiger partial charge < -0.3 is 24.4 Å². The molecule has 0 saturated carbocycles. The summed E-state index contributed by atoms with van der Waals surface area (Å²) in [5, 5.41) is 25.3. The van der Waals surface area contributed by atoms with Crippen LogP contribution in [0, 0.1) is 6.92 Å². The van der Waals surface area contributed by atoms with Crippen molar-refractivity contribution < 1.29 is 24.4 Å². The standard InChI is InChI=1S/C20H26N4O5S/c1-11-21-20-24(22-11)19(26)18(30-20)16(23-7-5-13(25)6-8-23)12-9-14(27-2)17(29-4)15(10-12)28-3/h9-10,13,16,25-26H,5-8H2,1-4H3/t16-/m0/s1. The second kappa shape index (κ2) is 8.29. The third kappa shape index (κ3) is 3.55. The Balaban J connectivity index is 1.87. The molecule has 2 aromatic heterocycles. The first-order chi connectivity index (χ1) is 14.5. The molecule has 0 radical (unpaired) electrons. The molecule has 30 heavy (non-hydrogen) atoms. The van der Waals surface area contributed by atoms with Crippen LogP contribution in [0.1, 0.15) is 35.1 Å². The number of benzene rings is 1. The monoisotopic (exact) mass is 434 g/mol. The molecule has 2 N–H and O–H groups in total. The third-order valence-electron chi connectivity index (χ3n) is 5.42. The summed E-state index contributed by atoms with van der Waals surface area (Å²) in [5.41, 5.74) is 0.886. The molecule has 1 fully saturated rings. The number of nitrogens with zero attached hydrogens (tertiary/aromatic N) is 4. The minimum Gasteiger partial charge on any atom is -0.493 e. The van der Waals surface area contributed by atoms with Crippen LogP contribution >= 0.6 is 11.3 Å². The molecule has 1 aromatic carbocycles. The number of aromatic nitrogens is 3. The van der Waals surface area contributed by atoms with Gasteiger partial charge in [-0.2, -0.15) is 4.52 Å². The summed E-state index contributed by atoms with van der Waals surface area (Å²) in [6.07, 6.45) is 1.03. The van der Waals surface area contributed by atoms with Crippen molar-refractivity contribution in [1.29, 1.82) is 0 Å². The van der Waals surface area contributed by atoms with Gasteiger partial charge in [-0.05, 0) is 37.5 Å². The van der Waals surface area contributed by atoms with Crippen LogP contribution in [0.5, 0.6) is 23.1 Å². The maximum atomic E-state index is 11.0. The molecular weight excluding hydrogens is 408 g/mol. The third-order valence-corrected chi connectivity index (χ3v) is 6.49. The van der Waals surface area contributed by atoms with Gasteiger partial charge in [0.25, 0.3) is 0 Å². The molecule has 0 bridgehead atoms. The van der Waals surface area contributed by atoms with Gasteiger partial charge in [0.1, 0.15) is 5.82 Å². The lowest BCUT2D eigenvalue weighted by Crippen LogP contribution is -2.38. The van der Waals surface area contributed by atoms with E-state index in [9.17, 15) is 10.2 Å². The predicted molar refractivity (Wildman–Crippen MR) is 112 cm³/mol. The van der Waals surface area contributed by atoms with Crippen LogP contribution in [0.4, 0.5) is 0 Å². The van der Waals surface area contributed by atoms with Crippen LogP contribution in [-0.4, -0.2) is 70.2 Å². The van der Waals surface area contributed by atoms with E-state index in [1.54, 1.807) is 28.3 Å². The highest BCUT2D eigenvalue weighted by Gasteiger charge is 2.33. The summed E-state index contributed by atoms with van der Waals surface area (Å²) < 4.78 is 18.0. The van der Waals surface area contributed by atoms with Crippen LogP contribution in [0.15, 0.2) is 12.1 Å². The van der Waals surface area contributed by atoms with Gasteiger partial charge in [0, 0.05) is 13.1 Å². The first-order valence-corrected chi connectivity index (χ1v) is 10.6. The number of thiazole rings is 1. The van der Waals surface area contributed by atoms with Crippen molar-refractivity contribution in [3.8, 4) is 23.1 Å². The van der Waals surface area contributed by atoms with E-state index in [0.717, 1.165) is 10.4 Å². The first kappa shape index (κ1) is 20.7. The number of piperidine rings is 1. The number of hydrogen-bond donors (Lipinski definition) is 2. The van der Waals surface area contributed by atoms with E-state index in [-0.39, 0.29) is 18.0 Å². The Labute approximate surface area is 178 Å². The fourth-order valence-corrected chi connectivity index (χ4v) is 5.12. The number of aromatic hydroxyl groups is 1. The second-order valence-electron chi connectivity index (χ2n) is 7.27. The number of rotatable bonds is 6. The van der Waals surface area contributed by atoms with Crippen molar-refractivity contribution in [2.75, 3.05) is 34.4 Å². The molecule has 1 aliphatic rings. The number of aliphatic hydroxyl groups excluding tert-OH is 1. The Bertz CT molecular complexity index is 1020. The summed E-state index contributed by atoms with van der Waals surface area (Å²) in [5.74, 6) is 2.28. The number of ether oxygens (including phenoxy) is 3. The van der Waals surface area contributed by atoms with Crippen LogP contribution in [-0.2, 0) is 0 Å². The Morgan fingerprint density at radius 2 is 1.73 bits per heavy atom. The van der Waals surface area contributed by atoms with Crippen molar-refractivity contribution in [3.63, 3.8) is 0 Å². The molecule has 9 nitrogen and oxygen atoms in total. The quantitative estimate of drug-likeness (QED) is 0.610. The van der Waals surface area contributed by atoms with Crippen LogP contribution in [0.3, 0.4) is 0 Å². The summed E-state index contributed by atoms with van der Waals surface area (Å²) in [6, 6.07) is 3.52. The van der Waals surface area contributed by atoms with E-state index >= 15 is 0 Å². The van der Waals surface area contributed by atoms with Gasteiger partial charge in [0.2, 0.25) is 16.6 Å². The number of aliphatic hydroxyl groups is 1. The van der Waals surface area contributed by atoms with E-state index in [2.05, 4.69) is 15.0 Å². The van der Waals surface area contributed by atoms with Gasteiger partial charge in [-0.1, -0.05) is 11.3 Å². The number of hydrogen-bond acceptors (Lipinski definition) is 9. The first-order valence-electron chi connectivity index (χ1n) is 9.73. The minimum absolute atomic E-state index is 0.0699. The van der Waals surface area contributed by atoms with E-state index in [1.807, 2.05) is 12.1 Å². The predicted octanol–water partition coefficient (Wildman–Crippen LogP) is 2.38. The van der Waals surface area contributed by atoms with E-state index in [4.69, 9.17) is 14.2 Å². The molecular formula is C20H26N4O5S. The fourth-order valence-electron chi connectivity index (χ4n) is 3.96. The lowest BCUT2D eigenvalue weighted by Gasteiger charge is -2.36. The van der Waals surface area contributed by atoms with Crippen LogP contribution in [0.2, 0.25) is 0 Å². The van der Waals surface area contributed by atoms with Crippen molar-refractivity contribution in [2.24, 2.45) is 0 Å². The Morgan fingerprint density at radius 1 is 1.10 bits per heavy atom. The maximum absolute atomic E-state index is 11.0. The number of methoxy groups -OCH3 is 3. The number of likely N-dealkylation sites (tertiary alicyclic amines) is 1. The second-order valence-corrected chi connectivity index (χ2v) is 8.28. The average molecular weight is 435 g/mol. The normalized spacial score (nSPS) is 16.7. The highest BCUT2D eigenvalue weighted by atomic mass is 32.1. The van der Waals surface area contributed by atoms with Gasteiger partial charge in [-0.3, -0.25) is 4.90 Å². The topological polar surface area (TPSA) is 102 Å². The number of fused-ring (bicyclic) bond motifs is 1. The minimum atomic E-state index is -0.305. The van der Waals surface area contributed by atoms with Crippen molar-refractivity contribution in [1.82, 2.24) is 19.5 Å². The zero-order valence-electron chi connectivity index (χ0n) is 17.5. The zero-order valence-corrected chi connectivity index (χ0v) is 18.3. The molecule has 4 rings (SSSR count). The van der Waals surface area contributed by atoms with Gasteiger partial charge >= 0.3 is 0 Å². The van der Waals surface area contributed by atoms with Crippen molar-refractivity contribution in [2.45, 2.75) is 31.9 Å². The highest BCUT2D eigenvalue weighted by Crippen LogP contribution is 2.46. The van der Waals surface area contributed by atoms with Gasteiger partial charge in [-0.25, -0.2) is 4.98 Å². The van der Waals surface area contributed by atoms with E-state index in [0.29, 0.717) is 54.0 Å². The Kier molecular flexibility index (Phi) is 5.72. The SMILES string of the molecule is COc1cc([C@@H](c2sc3nc(C)nn3c2O)N2CCC(O)CC2)cc(OC)c1OC. The molecule has 3 heterocycles. The van der Waals surface area contributed by atoms with Gasteiger partial charge in [0.05, 0.1) is 38.4 Å². The molecule has 0 unspecified atom stereocenters. The molecule has 3 aromatic rings. The van der Waals surface area contributed by atoms with Crippen LogP contribution in [0.25, 0.3) is 4.96 Å². The molecule has 1 aliphatic heterocycles. The molecule has 1 atom stereocenters. The van der Waals surface area contributed by atoms with Gasteiger partial charge in [-0.15, -0.1) is 5.10 Å². The molecule has 0 aliphatic carbocycles. The van der Waals surface area contributed by atoms with E-state index in [1.165, 1.54) is 15.9 Å². The molecule has 0 spiro atoms. The summed E-state index contributed by atoms with van der Waals surface area (Å²) >= 11 is 1.40. The Morgan fingerprint density at radius 3 is 2.27 bits per heavy atom. The highest BCUT2D eigenvalue weighted by molar-refractivity contribution is 7.17. The van der Waals surface area contributed by atoms with Gasteiger partial charge in [0.15, 0.2) is 11.5 Å². The maximum Gasteiger partial charge on any atom is 0.230 e. The van der Waals surface area contributed by atoms with E-state index < -0.39 is 0 Å². The lowest BCUT2D eigenvalue weighted by molar-refractivity contribution is 0.0688.